The maximum absolute atomic E-state index is 12.1. The predicted octanol–water partition coefficient (Wildman–Crippen LogP) is 2.47. The first-order chi connectivity index (χ1) is 9.54. The minimum absolute atomic E-state index is 0.0277. The first-order valence-corrected chi connectivity index (χ1v) is 7.80. The molecule has 0 aromatic heterocycles. The van der Waals surface area contributed by atoms with Crippen molar-refractivity contribution >= 4 is 23.6 Å². The Kier molecular flexibility index (Phi) is 4.70. The predicted molar refractivity (Wildman–Crippen MR) is 79.8 cm³/mol. The van der Waals surface area contributed by atoms with Crippen LogP contribution in [0.5, 0.6) is 0 Å². The summed E-state index contributed by atoms with van der Waals surface area (Å²) in [5, 5.41) is 8.84. The van der Waals surface area contributed by atoms with Gasteiger partial charge in [-0.15, -0.1) is 11.8 Å². The summed E-state index contributed by atoms with van der Waals surface area (Å²) >= 11 is 1.23. The normalized spacial score (nSPS) is 22.9. The van der Waals surface area contributed by atoms with Crippen molar-refractivity contribution in [1.29, 1.82) is 0 Å². The van der Waals surface area contributed by atoms with Crippen LogP contribution in [0.2, 0.25) is 0 Å². The summed E-state index contributed by atoms with van der Waals surface area (Å²) in [6.07, 6.45) is 0.825. The number of carbonyl (C=O) groups excluding carboxylic acids is 1. The molecule has 2 rings (SSSR count). The summed E-state index contributed by atoms with van der Waals surface area (Å²) in [4.78, 5) is 25.3. The minimum atomic E-state index is -0.853. The van der Waals surface area contributed by atoms with Gasteiger partial charge in [0.1, 0.15) is 5.25 Å². The number of nitrogens with zero attached hydrogens (tertiary/aromatic N) is 1. The maximum atomic E-state index is 12.1. The number of hydrogen-bond donors (Lipinski definition) is 1. The summed E-state index contributed by atoms with van der Waals surface area (Å²) < 4.78 is 0. The molecule has 0 spiro atoms. The molecule has 0 bridgehead atoms. The van der Waals surface area contributed by atoms with Crippen LogP contribution in [0.15, 0.2) is 24.3 Å². The summed E-state index contributed by atoms with van der Waals surface area (Å²) in [6, 6.07) is 7.40. The monoisotopic (exact) mass is 293 g/mol. The van der Waals surface area contributed by atoms with E-state index in [4.69, 9.17) is 0 Å². The van der Waals surface area contributed by atoms with Crippen LogP contribution in [0, 0.1) is 6.92 Å². The lowest BCUT2D eigenvalue weighted by atomic mass is 9.99. The van der Waals surface area contributed by atoms with Gasteiger partial charge in [0.05, 0.1) is 11.8 Å². The Balaban J connectivity index is 2.39. The summed E-state index contributed by atoms with van der Waals surface area (Å²) in [6.45, 7) is 4.59. The fraction of sp³-hybridized carbons (Fsp3) is 0.467. The van der Waals surface area contributed by atoms with Gasteiger partial charge in [-0.25, -0.2) is 0 Å². The van der Waals surface area contributed by atoms with Gasteiger partial charge in [0.15, 0.2) is 0 Å². The average molecular weight is 293 g/mol. The van der Waals surface area contributed by atoms with E-state index < -0.39 is 11.2 Å². The van der Waals surface area contributed by atoms with Crippen molar-refractivity contribution in [3.05, 3.63) is 35.4 Å². The number of carboxylic acid groups (broad SMARTS) is 1. The van der Waals surface area contributed by atoms with Gasteiger partial charge in [0, 0.05) is 6.54 Å². The molecule has 1 amide bonds. The Morgan fingerprint density at radius 3 is 2.60 bits per heavy atom. The average Bonchev–Trinajstić information content (AvgIpc) is 2.42. The zero-order valence-corrected chi connectivity index (χ0v) is 12.5. The summed E-state index contributed by atoms with van der Waals surface area (Å²) in [7, 11) is 0. The van der Waals surface area contributed by atoms with E-state index in [1.165, 1.54) is 11.8 Å². The van der Waals surface area contributed by atoms with E-state index in [2.05, 4.69) is 0 Å². The van der Waals surface area contributed by atoms with Crippen LogP contribution >= 0.6 is 11.8 Å². The molecule has 0 radical (unpaired) electrons. The maximum Gasteiger partial charge on any atom is 0.319 e. The molecule has 4 nitrogen and oxygen atoms in total. The second kappa shape index (κ2) is 6.31. The van der Waals surface area contributed by atoms with Gasteiger partial charge in [-0.1, -0.05) is 36.8 Å². The molecule has 0 aliphatic carbocycles. The molecule has 0 saturated carbocycles. The molecule has 0 unspecified atom stereocenters. The number of rotatable bonds is 4. The molecule has 1 aromatic rings. The van der Waals surface area contributed by atoms with Crippen molar-refractivity contribution in [3.8, 4) is 0 Å². The standard InChI is InChI=1S/C15H19NO3S/c1-3-8-16-12(17)9-20-14(15(18)19)13(16)11-6-4-10(2)5-7-11/h4-7,13-14H,3,8-9H2,1-2H3,(H,18,19)/t13-,14+/m1/s1. The van der Waals surface area contributed by atoms with Gasteiger partial charge in [-0.3, -0.25) is 9.59 Å². The van der Waals surface area contributed by atoms with E-state index in [9.17, 15) is 14.7 Å². The van der Waals surface area contributed by atoms with Gasteiger partial charge in [-0.2, -0.15) is 0 Å². The molecule has 2 atom stereocenters. The highest BCUT2D eigenvalue weighted by molar-refractivity contribution is 8.01. The SMILES string of the molecule is CCCN1C(=O)CS[C@H](C(=O)O)[C@H]1c1ccc(C)cc1. The van der Waals surface area contributed by atoms with E-state index >= 15 is 0 Å². The molecular weight excluding hydrogens is 274 g/mol. The molecule has 1 N–H and O–H groups in total. The fourth-order valence-electron chi connectivity index (χ4n) is 2.48. The van der Waals surface area contributed by atoms with Crippen LogP contribution in [0.25, 0.3) is 0 Å². The second-order valence-electron chi connectivity index (χ2n) is 5.01. The van der Waals surface area contributed by atoms with Crippen LogP contribution in [0.3, 0.4) is 0 Å². The van der Waals surface area contributed by atoms with E-state index in [0.29, 0.717) is 6.54 Å². The van der Waals surface area contributed by atoms with Crippen LogP contribution in [-0.4, -0.2) is 39.4 Å². The lowest BCUT2D eigenvalue weighted by Gasteiger charge is -2.39. The van der Waals surface area contributed by atoms with Crippen LogP contribution in [-0.2, 0) is 9.59 Å². The fourth-order valence-corrected chi connectivity index (χ4v) is 3.60. The van der Waals surface area contributed by atoms with Crippen molar-refractivity contribution < 1.29 is 14.7 Å². The summed E-state index contributed by atoms with van der Waals surface area (Å²) in [5.74, 6) is -0.576. The van der Waals surface area contributed by atoms with Crippen molar-refractivity contribution in [2.45, 2.75) is 31.6 Å². The third kappa shape index (κ3) is 2.98. The number of amides is 1. The topological polar surface area (TPSA) is 57.6 Å². The molecule has 5 heteroatoms. The zero-order chi connectivity index (χ0) is 14.7. The smallest absolute Gasteiger partial charge is 0.319 e. The largest absolute Gasteiger partial charge is 0.480 e. The van der Waals surface area contributed by atoms with Crippen LogP contribution < -0.4 is 0 Å². The Morgan fingerprint density at radius 1 is 1.40 bits per heavy atom. The van der Waals surface area contributed by atoms with Crippen molar-refractivity contribution in [3.63, 3.8) is 0 Å². The van der Waals surface area contributed by atoms with E-state index in [1.54, 1.807) is 4.90 Å². The quantitative estimate of drug-likeness (QED) is 0.926. The number of aliphatic carboxylic acids is 1. The van der Waals surface area contributed by atoms with E-state index in [0.717, 1.165) is 17.5 Å². The number of carboxylic acids is 1. The van der Waals surface area contributed by atoms with E-state index in [1.807, 2.05) is 38.1 Å². The molecule has 1 heterocycles. The number of hydrogen-bond acceptors (Lipinski definition) is 3. The Hall–Kier alpha value is -1.49. The van der Waals surface area contributed by atoms with E-state index in [-0.39, 0.29) is 17.7 Å². The number of aryl methyl sites for hydroxylation is 1. The first-order valence-electron chi connectivity index (χ1n) is 6.75. The van der Waals surface area contributed by atoms with Gasteiger partial charge in [0.25, 0.3) is 0 Å². The number of carbonyl (C=O) groups is 2. The minimum Gasteiger partial charge on any atom is -0.480 e. The number of thioether (sulfide) groups is 1. The van der Waals surface area contributed by atoms with Gasteiger partial charge >= 0.3 is 5.97 Å². The third-order valence-corrected chi connectivity index (χ3v) is 4.69. The van der Waals surface area contributed by atoms with Crippen molar-refractivity contribution in [2.75, 3.05) is 12.3 Å². The van der Waals surface area contributed by atoms with Gasteiger partial charge < -0.3 is 10.0 Å². The molecule has 108 valence electrons. The lowest BCUT2D eigenvalue weighted by Crippen LogP contribution is -2.48. The Bertz CT molecular complexity index is 500. The molecule has 1 saturated heterocycles. The molecule has 1 fully saturated rings. The van der Waals surface area contributed by atoms with Crippen molar-refractivity contribution in [2.24, 2.45) is 0 Å². The Morgan fingerprint density at radius 2 is 2.05 bits per heavy atom. The second-order valence-corrected chi connectivity index (χ2v) is 6.14. The molecule has 1 aliphatic rings. The van der Waals surface area contributed by atoms with Gasteiger partial charge in [-0.05, 0) is 18.9 Å². The zero-order valence-electron chi connectivity index (χ0n) is 11.7. The molecule has 1 aliphatic heterocycles. The first kappa shape index (κ1) is 14.9. The lowest BCUT2D eigenvalue weighted by molar-refractivity contribution is -0.140. The number of benzene rings is 1. The third-order valence-electron chi connectivity index (χ3n) is 3.46. The Labute approximate surface area is 123 Å². The highest BCUT2D eigenvalue weighted by Gasteiger charge is 2.40. The molecule has 1 aromatic carbocycles. The molecule has 20 heavy (non-hydrogen) atoms. The highest BCUT2D eigenvalue weighted by Crippen LogP contribution is 2.37. The van der Waals surface area contributed by atoms with Crippen molar-refractivity contribution in [1.82, 2.24) is 4.90 Å². The highest BCUT2D eigenvalue weighted by atomic mass is 32.2. The van der Waals surface area contributed by atoms with Crippen LogP contribution in [0.1, 0.15) is 30.5 Å². The van der Waals surface area contributed by atoms with Gasteiger partial charge in [0.2, 0.25) is 5.91 Å². The molecular formula is C15H19NO3S. The van der Waals surface area contributed by atoms with Crippen LogP contribution in [0.4, 0.5) is 0 Å². The summed E-state index contributed by atoms with van der Waals surface area (Å²) in [5.41, 5.74) is 2.02.